The third-order valence-electron chi connectivity index (χ3n) is 3.60. The highest BCUT2D eigenvalue weighted by atomic mass is 19.2. The number of halogens is 2. The molecule has 1 saturated heterocycles. The van der Waals surface area contributed by atoms with Crippen LogP contribution in [-0.4, -0.2) is 36.5 Å². The second kappa shape index (κ2) is 7.14. The molecule has 1 aliphatic heterocycles. The second-order valence-corrected chi connectivity index (χ2v) is 5.20. The lowest BCUT2D eigenvalue weighted by Crippen LogP contribution is -2.45. The van der Waals surface area contributed by atoms with Gasteiger partial charge in [-0.15, -0.1) is 0 Å². The normalized spacial score (nSPS) is 16.4. The Morgan fingerprint density at radius 1 is 1.33 bits per heavy atom. The molecule has 1 aliphatic rings. The molecule has 1 fully saturated rings. The van der Waals surface area contributed by atoms with Crippen molar-refractivity contribution in [2.24, 2.45) is 0 Å². The zero-order chi connectivity index (χ0) is 15.2. The van der Waals surface area contributed by atoms with Gasteiger partial charge in [0.25, 0.3) is 0 Å². The van der Waals surface area contributed by atoms with E-state index in [4.69, 9.17) is 5.26 Å². The maximum Gasteiger partial charge on any atom is 0.224 e. The molecule has 2 rings (SSSR count). The van der Waals surface area contributed by atoms with Crippen LogP contribution in [0.5, 0.6) is 0 Å². The smallest absolute Gasteiger partial charge is 0.224 e. The first-order valence-electron chi connectivity index (χ1n) is 6.91. The molecule has 0 radical (unpaired) electrons. The van der Waals surface area contributed by atoms with Crippen LogP contribution in [0.25, 0.3) is 0 Å². The third-order valence-corrected chi connectivity index (χ3v) is 3.60. The molecule has 1 heterocycles. The van der Waals surface area contributed by atoms with Crippen LogP contribution in [0.3, 0.4) is 0 Å². The number of hydrogen-bond donors (Lipinski definition) is 1. The van der Waals surface area contributed by atoms with E-state index in [0.29, 0.717) is 12.1 Å². The van der Waals surface area contributed by atoms with E-state index in [1.807, 2.05) is 4.90 Å². The van der Waals surface area contributed by atoms with Gasteiger partial charge in [-0.25, -0.2) is 8.78 Å². The second-order valence-electron chi connectivity index (χ2n) is 5.20. The molecule has 0 aliphatic carbocycles. The summed E-state index contributed by atoms with van der Waals surface area (Å²) >= 11 is 0. The molecule has 0 spiro atoms. The maximum atomic E-state index is 13.1. The van der Waals surface area contributed by atoms with Crippen LogP contribution in [0.2, 0.25) is 0 Å². The molecule has 0 unspecified atom stereocenters. The summed E-state index contributed by atoms with van der Waals surface area (Å²) in [6.45, 7) is 1.98. The molecule has 112 valence electrons. The molecule has 0 saturated carbocycles. The average molecular weight is 293 g/mol. The van der Waals surface area contributed by atoms with Crippen LogP contribution in [0.1, 0.15) is 18.4 Å². The van der Waals surface area contributed by atoms with Gasteiger partial charge in [-0.1, -0.05) is 6.07 Å². The van der Waals surface area contributed by atoms with Crippen molar-refractivity contribution in [3.8, 4) is 6.07 Å². The lowest BCUT2D eigenvalue weighted by molar-refractivity contribution is -0.121. The summed E-state index contributed by atoms with van der Waals surface area (Å²) < 4.78 is 25.9. The van der Waals surface area contributed by atoms with E-state index < -0.39 is 11.6 Å². The number of hydrogen-bond acceptors (Lipinski definition) is 3. The zero-order valence-corrected chi connectivity index (χ0v) is 11.6. The number of nitrogens with one attached hydrogen (secondary N) is 1. The van der Waals surface area contributed by atoms with Gasteiger partial charge in [-0.2, -0.15) is 5.26 Å². The molecule has 6 heteroatoms. The molecule has 0 atom stereocenters. The molecule has 4 nitrogen and oxygen atoms in total. The van der Waals surface area contributed by atoms with Crippen molar-refractivity contribution < 1.29 is 13.6 Å². The van der Waals surface area contributed by atoms with Crippen molar-refractivity contribution in [1.29, 1.82) is 5.26 Å². The average Bonchev–Trinajstić information content (AvgIpc) is 2.45. The summed E-state index contributed by atoms with van der Waals surface area (Å²) in [5.74, 6) is -2.05. The first-order chi connectivity index (χ1) is 10.1. The summed E-state index contributed by atoms with van der Waals surface area (Å²) in [7, 11) is 0. The summed E-state index contributed by atoms with van der Waals surface area (Å²) in [6, 6.07) is 5.67. The van der Waals surface area contributed by atoms with Crippen LogP contribution >= 0.6 is 0 Å². The Morgan fingerprint density at radius 2 is 2.05 bits per heavy atom. The summed E-state index contributed by atoms with van der Waals surface area (Å²) in [5.41, 5.74) is 0.452. The van der Waals surface area contributed by atoms with E-state index in [2.05, 4.69) is 11.4 Å². The number of carbonyl (C=O) groups is 1. The van der Waals surface area contributed by atoms with Crippen LogP contribution in [-0.2, 0) is 11.2 Å². The van der Waals surface area contributed by atoms with Gasteiger partial charge in [-0.05, 0) is 30.5 Å². The first-order valence-corrected chi connectivity index (χ1v) is 6.91. The fraction of sp³-hybridized carbons (Fsp3) is 0.467. The van der Waals surface area contributed by atoms with E-state index in [1.165, 1.54) is 6.07 Å². The molecule has 1 amide bonds. The Kier molecular flexibility index (Phi) is 5.23. The number of nitrogens with zero attached hydrogens (tertiary/aromatic N) is 2. The summed E-state index contributed by atoms with van der Waals surface area (Å²) in [5, 5.41) is 11.5. The van der Waals surface area contributed by atoms with Crippen molar-refractivity contribution in [3.63, 3.8) is 0 Å². The highest BCUT2D eigenvalue weighted by molar-refractivity contribution is 5.78. The number of carbonyl (C=O) groups excluding carboxylic acids is 1. The minimum atomic E-state index is -0.940. The van der Waals surface area contributed by atoms with Crippen molar-refractivity contribution in [2.45, 2.75) is 25.3 Å². The molecular weight excluding hydrogens is 276 g/mol. The molecular formula is C15H17F2N3O. The van der Waals surface area contributed by atoms with Gasteiger partial charge >= 0.3 is 0 Å². The molecule has 1 aromatic carbocycles. The third kappa shape index (κ3) is 4.50. The van der Waals surface area contributed by atoms with Gasteiger partial charge in [-0.3, -0.25) is 9.69 Å². The summed E-state index contributed by atoms with van der Waals surface area (Å²) in [4.78, 5) is 13.9. The van der Waals surface area contributed by atoms with Crippen LogP contribution in [0, 0.1) is 23.0 Å². The fourth-order valence-electron chi connectivity index (χ4n) is 2.45. The van der Waals surface area contributed by atoms with Crippen molar-refractivity contribution >= 4 is 5.91 Å². The SMILES string of the molecule is N#CCN1CCC(NC(=O)Cc2ccc(F)c(F)c2)CC1. The van der Waals surface area contributed by atoms with Crippen molar-refractivity contribution in [3.05, 3.63) is 35.4 Å². The quantitative estimate of drug-likeness (QED) is 0.858. The van der Waals surface area contributed by atoms with Gasteiger partial charge in [0.2, 0.25) is 5.91 Å². The predicted octanol–water partition coefficient (Wildman–Crippen LogP) is 1.61. The Bertz CT molecular complexity index is 548. The van der Waals surface area contributed by atoms with Crippen molar-refractivity contribution in [1.82, 2.24) is 10.2 Å². The lowest BCUT2D eigenvalue weighted by Gasteiger charge is -2.30. The molecule has 0 aromatic heterocycles. The van der Waals surface area contributed by atoms with E-state index >= 15 is 0 Å². The molecule has 1 N–H and O–H groups in total. The van der Waals surface area contributed by atoms with E-state index in [0.717, 1.165) is 38.1 Å². The largest absolute Gasteiger partial charge is 0.353 e. The Morgan fingerprint density at radius 3 is 2.67 bits per heavy atom. The number of piperidine rings is 1. The predicted molar refractivity (Wildman–Crippen MR) is 73.3 cm³/mol. The number of benzene rings is 1. The van der Waals surface area contributed by atoms with Gasteiger partial charge in [0.05, 0.1) is 19.0 Å². The Labute approximate surface area is 122 Å². The Hall–Kier alpha value is -2.00. The van der Waals surface area contributed by atoms with Gasteiger partial charge in [0, 0.05) is 19.1 Å². The minimum Gasteiger partial charge on any atom is -0.353 e. The van der Waals surface area contributed by atoms with Gasteiger partial charge in [0.1, 0.15) is 0 Å². The maximum absolute atomic E-state index is 13.1. The minimum absolute atomic E-state index is 0.0373. The van der Waals surface area contributed by atoms with Crippen molar-refractivity contribution in [2.75, 3.05) is 19.6 Å². The standard InChI is InChI=1S/C15H17F2N3O/c16-13-2-1-11(9-14(13)17)10-15(21)19-12-3-6-20(7-4-12)8-5-18/h1-2,9,12H,3-4,6-8,10H2,(H,19,21). The monoisotopic (exact) mass is 293 g/mol. The topological polar surface area (TPSA) is 56.1 Å². The number of amides is 1. The zero-order valence-electron chi connectivity index (χ0n) is 11.6. The lowest BCUT2D eigenvalue weighted by atomic mass is 10.0. The Balaban J connectivity index is 1.80. The highest BCUT2D eigenvalue weighted by Gasteiger charge is 2.20. The van der Waals surface area contributed by atoms with E-state index in [1.54, 1.807) is 0 Å². The van der Waals surface area contributed by atoms with E-state index in [9.17, 15) is 13.6 Å². The number of nitriles is 1. The van der Waals surface area contributed by atoms with Crippen LogP contribution in [0.15, 0.2) is 18.2 Å². The number of likely N-dealkylation sites (tertiary alicyclic amines) is 1. The van der Waals surface area contributed by atoms with Crippen LogP contribution < -0.4 is 5.32 Å². The molecule has 0 bridgehead atoms. The molecule has 21 heavy (non-hydrogen) atoms. The first kappa shape index (κ1) is 15.4. The summed E-state index contributed by atoms with van der Waals surface area (Å²) in [6.07, 6.45) is 1.63. The van der Waals surface area contributed by atoms with E-state index in [-0.39, 0.29) is 18.4 Å². The molecule has 1 aromatic rings. The van der Waals surface area contributed by atoms with Gasteiger partial charge < -0.3 is 5.32 Å². The van der Waals surface area contributed by atoms with Crippen LogP contribution in [0.4, 0.5) is 8.78 Å². The highest BCUT2D eigenvalue weighted by Crippen LogP contribution is 2.12. The van der Waals surface area contributed by atoms with Gasteiger partial charge in [0.15, 0.2) is 11.6 Å². The fourth-order valence-corrected chi connectivity index (χ4v) is 2.45. The number of rotatable bonds is 4.